The van der Waals surface area contributed by atoms with Gasteiger partial charge in [0.05, 0.1) is 13.0 Å². The molecule has 0 atom stereocenters. The minimum absolute atomic E-state index is 0.131. The van der Waals surface area contributed by atoms with Gasteiger partial charge in [0, 0.05) is 16.6 Å². The normalized spacial score (nSPS) is 10.2. The molecule has 0 saturated carbocycles. The number of ketones is 1. The third-order valence-corrected chi connectivity index (χ3v) is 3.49. The Labute approximate surface area is 115 Å². The first kappa shape index (κ1) is 13.4. The van der Waals surface area contributed by atoms with Crippen LogP contribution in [-0.2, 0) is 11.3 Å². The largest absolute Gasteiger partial charge is 0.349 e. The van der Waals surface area contributed by atoms with Crippen LogP contribution >= 0.6 is 11.3 Å². The van der Waals surface area contributed by atoms with Gasteiger partial charge in [-0.25, -0.2) is 4.98 Å². The fourth-order valence-electron chi connectivity index (χ4n) is 1.59. The fraction of sp³-hybridized carbons (Fsp3) is 0.214. The van der Waals surface area contributed by atoms with E-state index >= 15 is 0 Å². The second-order valence-electron chi connectivity index (χ2n) is 4.13. The third-order valence-electron chi connectivity index (χ3n) is 2.52. The lowest BCUT2D eigenvalue weighted by Crippen LogP contribution is -2.25. The van der Waals surface area contributed by atoms with E-state index in [0.29, 0.717) is 12.1 Å². The van der Waals surface area contributed by atoms with Crippen molar-refractivity contribution in [3.63, 3.8) is 0 Å². The van der Waals surface area contributed by atoms with Crippen LogP contribution in [-0.4, -0.2) is 16.7 Å². The summed E-state index contributed by atoms with van der Waals surface area (Å²) in [4.78, 5) is 27.7. The molecule has 0 bridgehead atoms. The Morgan fingerprint density at radius 2 is 2.00 bits per heavy atom. The number of amides is 1. The van der Waals surface area contributed by atoms with Crippen molar-refractivity contribution < 1.29 is 9.59 Å². The van der Waals surface area contributed by atoms with E-state index in [-0.39, 0.29) is 18.1 Å². The van der Waals surface area contributed by atoms with Crippen LogP contribution in [0.3, 0.4) is 0 Å². The summed E-state index contributed by atoms with van der Waals surface area (Å²) in [6, 6.07) is 8.81. The zero-order valence-corrected chi connectivity index (χ0v) is 11.4. The number of carbonyl (C=O) groups is 2. The van der Waals surface area contributed by atoms with Crippen LogP contribution in [0.25, 0.3) is 0 Å². The molecule has 0 unspecified atom stereocenters. The van der Waals surface area contributed by atoms with Gasteiger partial charge in [0.2, 0.25) is 5.91 Å². The lowest BCUT2D eigenvalue weighted by molar-refractivity contribution is -0.120. The molecular weight excluding hydrogens is 260 g/mol. The lowest BCUT2D eigenvalue weighted by atomic mass is 10.1. The average Bonchev–Trinajstić information content (AvgIpc) is 2.83. The molecule has 1 amide bonds. The Bertz CT molecular complexity index is 578. The molecule has 5 heteroatoms. The van der Waals surface area contributed by atoms with E-state index in [4.69, 9.17) is 0 Å². The number of Topliss-reactive ketones (excluding diaryl/α,β-unsaturated/α-hetero) is 1. The van der Waals surface area contributed by atoms with E-state index in [0.717, 1.165) is 10.7 Å². The van der Waals surface area contributed by atoms with Crippen molar-refractivity contribution in [2.24, 2.45) is 0 Å². The molecular formula is C14H14N2O2S. The molecule has 1 aromatic carbocycles. The average molecular weight is 274 g/mol. The Morgan fingerprint density at radius 3 is 2.63 bits per heavy atom. The van der Waals surface area contributed by atoms with Crippen molar-refractivity contribution in [2.75, 3.05) is 0 Å². The van der Waals surface area contributed by atoms with Gasteiger partial charge in [-0.2, -0.15) is 0 Å². The number of aryl methyl sites for hydroxylation is 1. The van der Waals surface area contributed by atoms with Gasteiger partial charge in [-0.1, -0.05) is 30.3 Å². The molecule has 2 rings (SSSR count). The highest BCUT2D eigenvalue weighted by molar-refractivity contribution is 7.09. The molecule has 1 aromatic heterocycles. The Balaban J connectivity index is 1.83. The summed E-state index contributed by atoms with van der Waals surface area (Å²) in [6.45, 7) is 2.28. The second-order valence-corrected chi connectivity index (χ2v) is 5.07. The number of rotatable bonds is 5. The molecule has 98 valence electrons. The number of nitrogens with one attached hydrogen (secondary N) is 1. The van der Waals surface area contributed by atoms with Crippen molar-refractivity contribution in [2.45, 2.75) is 19.9 Å². The number of benzene rings is 1. The molecule has 0 aliphatic rings. The second kappa shape index (κ2) is 6.24. The van der Waals surface area contributed by atoms with E-state index in [1.807, 2.05) is 18.4 Å². The van der Waals surface area contributed by atoms with Crippen molar-refractivity contribution >= 4 is 23.0 Å². The molecule has 1 heterocycles. The molecule has 19 heavy (non-hydrogen) atoms. The molecule has 0 aliphatic carbocycles. The van der Waals surface area contributed by atoms with Gasteiger partial charge >= 0.3 is 0 Å². The lowest BCUT2D eigenvalue weighted by Gasteiger charge is -2.02. The highest BCUT2D eigenvalue weighted by atomic mass is 32.1. The van der Waals surface area contributed by atoms with E-state index in [2.05, 4.69) is 10.3 Å². The first-order chi connectivity index (χ1) is 9.15. The topological polar surface area (TPSA) is 59.1 Å². The van der Waals surface area contributed by atoms with Crippen molar-refractivity contribution in [3.8, 4) is 0 Å². The number of aromatic nitrogens is 1. The molecule has 0 fully saturated rings. The standard InChI is InChI=1S/C14H14N2O2S/c1-10-9-19-14(16-10)8-15-13(18)7-12(17)11-5-3-2-4-6-11/h2-6,9H,7-8H2,1H3,(H,15,18). The van der Waals surface area contributed by atoms with Gasteiger partial charge in [0.25, 0.3) is 0 Å². The van der Waals surface area contributed by atoms with Crippen LogP contribution < -0.4 is 5.32 Å². The van der Waals surface area contributed by atoms with Gasteiger partial charge in [-0.05, 0) is 6.92 Å². The molecule has 0 saturated heterocycles. The molecule has 1 N–H and O–H groups in total. The maximum Gasteiger partial charge on any atom is 0.228 e. The number of nitrogens with zero attached hydrogens (tertiary/aromatic N) is 1. The summed E-state index contributed by atoms with van der Waals surface area (Å²) in [6.07, 6.45) is -0.131. The van der Waals surface area contributed by atoms with Crippen LogP contribution in [0.4, 0.5) is 0 Å². The van der Waals surface area contributed by atoms with Crippen LogP contribution in [0, 0.1) is 6.92 Å². The van der Waals surface area contributed by atoms with Gasteiger partial charge < -0.3 is 5.32 Å². The van der Waals surface area contributed by atoms with Crippen LogP contribution in [0.1, 0.15) is 27.5 Å². The molecule has 0 spiro atoms. The highest BCUT2D eigenvalue weighted by Gasteiger charge is 2.11. The first-order valence-corrected chi connectivity index (χ1v) is 6.79. The van der Waals surface area contributed by atoms with E-state index in [1.54, 1.807) is 24.3 Å². The van der Waals surface area contributed by atoms with E-state index < -0.39 is 0 Å². The number of hydrogen-bond donors (Lipinski definition) is 1. The summed E-state index contributed by atoms with van der Waals surface area (Å²) >= 11 is 1.50. The van der Waals surface area contributed by atoms with Crippen LogP contribution in [0.15, 0.2) is 35.7 Å². The maximum atomic E-state index is 11.8. The van der Waals surface area contributed by atoms with Gasteiger partial charge in [-0.3, -0.25) is 9.59 Å². The SMILES string of the molecule is Cc1csc(CNC(=O)CC(=O)c2ccccc2)n1. The fourth-order valence-corrected chi connectivity index (χ4v) is 2.30. The van der Waals surface area contributed by atoms with Gasteiger partial charge in [-0.15, -0.1) is 11.3 Å². The zero-order valence-electron chi connectivity index (χ0n) is 10.6. The summed E-state index contributed by atoms with van der Waals surface area (Å²) in [5, 5.41) is 5.47. The molecule has 0 aliphatic heterocycles. The molecule has 2 aromatic rings. The number of thiazole rings is 1. The quantitative estimate of drug-likeness (QED) is 0.672. The van der Waals surface area contributed by atoms with E-state index in [9.17, 15) is 9.59 Å². The summed E-state index contributed by atoms with van der Waals surface area (Å²) in [7, 11) is 0. The summed E-state index contributed by atoms with van der Waals surface area (Å²) in [5.74, 6) is -0.449. The van der Waals surface area contributed by atoms with Gasteiger partial charge in [0.1, 0.15) is 5.01 Å². The smallest absolute Gasteiger partial charge is 0.228 e. The van der Waals surface area contributed by atoms with Crippen molar-refractivity contribution in [1.82, 2.24) is 10.3 Å². The minimum Gasteiger partial charge on any atom is -0.349 e. The summed E-state index contributed by atoms with van der Waals surface area (Å²) < 4.78 is 0. The Hall–Kier alpha value is -2.01. The zero-order chi connectivity index (χ0) is 13.7. The highest BCUT2D eigenvalue weighted by Crippen LogP contribution is 2.08. The minimum atomic E-state index is -0.276. The first-order valence-electron chi connectivity index (χ1n) is 5.91. The van der Waals surface area contributed by atoms with E-state index in [1.165, 1.54) is 11.3 Å². The number of hydrogen-bond acceptors (Lipinski definition) is 4. The van der Waals surface area contributed by atoms with Crippen LogP contribution in [0.2, 0.25) is 0 Å². The van der Waals surface area contributed by atoms with Gasteiger partial charge in [0.15, 0.2) is 5.78 Å². The number of carbonyl (C=O) groups excluding carboxylic acids is 2. The summed E-state index contributed by atoms with van der Waals surface area (Å²) in [5.41, 5.74) is 1.50. The molecule has 0 radical (unpaired) electrons. The van der Waals surface area contributed by atoms with Crippen molar-refractivity contribution in [1.29, 1.82) is 0 Å². The van der Waals surface area contributed by atoms with Crippen molar-refractivity contribution in [3.05, 3.63) is 52.0 Å². The predicted molar refractivity (Wildman–Crippen MR) is 74.1 cm³/mol. The monoisotopic (exact) mass is 274 g/mol. The Morgan fingerprint density at radius 1 is 1.26 bits per heavy atom. The van der Waals surface area contributed by atoms with Crippen LogP contribution in [0.5, 0.6) is 0 Å². The maximum absolute atomic E-state index is 11.8. The predicted octanol–water partition coefficient (Wildman–Crippen LogP) is 2.34. The molecule has 4 nitrogen and oxygen atoms in total. The Kier molecular flexibility index (Phi) is 4.41. The third kappa shape index (κ3) is 3.99.